The van der Waals surface area contributed by atoms with E-state index in [1.54, 1.807) is 12.4 Å². The molecule has 0 aliphatic carbocycles. The van der Waals surface area contributed by atoms with Crippen LogP contribution in [0.5, 0.6) is 0 Å². The van der Waals surface area contributed by atoms with E-state index >= 15 is 0 Å². The number of rotatable bonds is 5. The number of morpholine rings is 1. The van der Waals surface area contributed by atoms with Gasteiger partial charge in [0.05, 0.1) is 30.1 Å². The van der Waals surface area contributed by atoms with Crippen molar-refractivity contribution in [3.63, 3.8) is 0 Å². The van der Waals surface area contributed by atoms with Crippen LogP contribution in [0.15, 0.2) is 61.2 Å². The average molecular weight is 457 g/mol. The standard InChI is InChI=1S/C26H28N6O2/c1-16-14-32(15-17(2)34-16)21-9-22-23(13-30-24(22)29-12-21)20-10-27-25(28-11-20)26(33)31-18(3)19-7-5-4-6-8-19/h4-13,16-18H,14-15H2,1-3H3,(H,29,30)(H,31,33)/t16-,17+,18-/m1/s1. The normalized spacial score (nSPS) is 19.2. The second-order valence-corrected chi connectivity index (χ2v) is 8.86. The third-order valence-corrected chi connectivity index (χ3v) is 6.11. The fourth-order valence-electron chi connectivity index (χ4n) is 4.46. The molecule has 0 bridgehead atoms. The van der Waals surface area contributed by atoms with Crippen LogP contribution in [0.4, 0.5) is 5.69 Å². The maximum Gasteiger partial charge on any atom is 0.289 e. The Morgan fingerprint density at radius 2 is 1.79 bits per heavy atom. The van der Waals surface area contributed by atoms with Crippen molar-refractivity contribution in [1.82, 2.24) is 25.3 Å². The van der Waals surface area contributed by atoms with Crippen molar-refractivity contribution in [3.05, 3.63) is 72.6 Å². The highest BCUT2D eigenvalue weighted by atomic mass is 16.5. The molecule has 1 fully saturated rings. The van der Waals surface area contributed by atoms with Gasteiger partial charge in [0.1, 0.15) is 5.65 Å². The van der Waals surface area contributed by atoms with E-state index in [1.807, 2.05) is 49.6 Å². The maximum absolute atomic E-state index is 12.6. The van der Waals surface area contributed by atoms with Crippen LogP contribution >= 0.6 is 0 Å². The third kappa shape index (κ3) is 4.49. The zero-order valence-corrected chi connectivity index (χ0v) is 19.5. The second kappa shape index (κ2) is 9.23. The second-order valence-electron chi connectivity index (χ2n) is 8.86. The molecule has 3 atom stereocenters. The molecule has 1 aromatic carbocycles. The molecule has 0 radical (unpaired) electrons. The van der Waals surface area contributed by atoms with Gasteiger partial charge in [0.15, 0.2) is 0 Å². The molecule has 0 unspecified atom stereocenters. The summed E-state index contributed by atoms with van der Waals surface area (Å²) in [4.78, 5) is 31.5. The molecule has 1 aliphatic heterocycles. The fraction of sp³-hybridized carbons (Fsp3) is 0.308. The fourth-order valence-corrected chi connectivity index (χ4v) is 4.46. The number of ether oxygens (including phenoxy) is 1. The van der Waals surface area contributed by atoms with Crippen LogP contribution in [0.3, 0.4) is 0 Å². The molecule has 8 heteroatoms. The van der Waals surface area contributed by atoms with Gasteiger partial charge in [0, 0.05) is 48.2 Å². The lowest BCUT2D eigenvalue weighted by molar-refractivity contribution is -0.00522. The molecule has 1 amide bonds. The first-order chi connectivity index (χ1) is 16.5. The first kappa shape index (κ1) is 22.0. The summed E-state index contributed by atoms with van der Waals surface area (Å²) in [7, 11) is 0. The zero-order valence-electron chi connectivity index (χ0n) is 19.5. The lowest BCUT2D eigenvalue weighted by Gasteiger charge is -2.36. The zero-order chi connectivity index (χ0) is 23.7. The number of amides is 1. The Hall–Kier alpha value is -3.78. The maximum atomic E-state index is 12.6. The van der Waals surface area contributed by atoms with Gasteiger partial charge in [0.2, 0.25) is 5.82 Å². The molecule has 174 valence electrons. The van der Waals surface area contributed by atoms with Gasteiger partial charge >= 0.3 is 0 Å². The Bertz CT molecular complexity index is 1280. The van der Waals surface area contributed by atoms with Crippen molar-refractivity contribution in [1.29, 1.82) is 0 Å². The van der Waals surface area contributed by atoms with E-state index in [-0.39, 0.29) is 30.0 Å². The highest BCUT2D eigenvalue weighted by Gasteiger charge is 2.23. The average Bonchev–Trinajstić information content (AvgIpc) is 3.27. The number of fused-ring (bicyclic) bond motifs is 1. The Balaban J connectivity index is 1.36. The largest absolute Gasteiger partial charge is 0.372 e. The lowest BCUT2D eigenvalue weighted by Crippen LogP contribution is -2.45. The number of pyridine rings is 1. The summed E-state index contributed by atoms with van der Waals surface area (Å²) in [5.41, 5.74) is 4.65. The van der Waals surface area contributed by atoms with Crippen LogP contribution in [0.1, 0.15) is 43.0 Å². The summed E-state index contributed by atoms with van der Waals surface area (Å²) >= 11 is 0. The summed E-state index contributed by atoms with van der Waals surface area (Å²) in [5.74, 6) is -0.164. The first-order valence-electron chi connectivity index (χ1n) is 11.5. The van der Waals surface area contributed by atoms with Crippen molar-refractivity contribution in [3.8, 4) is 11.1 Å². The topological polar surface area (TPSA) is 96.0 Å². The van der Waals surface area contributed by atoms with Crippen molar-refractivity contribution in [2.75, 3.05) is 18.0 Å². The van der Waals surface area contributed by atoms with Crippen molar-refractivity contribution in [2.45, 2.75) is 39.0 Å². The molecule has 1 saturated heterocycles. The molecule has 0 spiro atoms. The predicted molar refractivity (Wildman–Crippen MR) is 132 cm³/mol. The van der Waals surface area contributed by atoms with Gasteiger partial charge in [-0.2, -0.15) is 0 Å². The number of nitrogens with one attached hydrogen (secondary N) is 2. The summed E-state index contributed by atoms with van der Waals surface area (Å²) < 4.78 is 5.87. The number of aromatic nitrogens is 4. The van der Waals surface area contributed by atoms with Gasteiger partial charge < -0.3 is 19.9 Å². The Morgan fingerprint density at radius 1 is 1.09 bits per heavy atom. The van der Waals surface area contributed by atoms with E-state index in [4.69, 9.17) is 4.74 Å². The van der Waals surface area contributed by atoms with E-state index in [0.717, 1.165) is 46.5 Å². The Kier molecular flexibility index (Phi) is 5.98. The Labute approximate surface area is 198 Å². The van der Waals surface area contributed by atoms with Gasteiger partial charge in [0.25, 0.3) is 5.91 Å². The van der Waals surface area contributed by atoms with Crippen LogP contribution in [-0.4, -0.2) is 51.1 Å². The van der Waals surface area contributed by atoms with Crippen LogP contribution in [0, 0.1) is 0 Å². The van der Waals surface area contributed by atoms with E-state index in [0.29, 0.717) is 0 Å². The molecule has 4 heterocycles. The van der Waals surface area contributed by atoms with Crippen molar-refractivity contribution < 1.29 is 9.53 Å². The highest BCUT2D eigenvalue weighted by molar-refractivity contribution is 5.95. The van der Waals surface area contributed by atoms with Crippen LogP contribution in [-0.2, 0) is 4.74 Å². The monoisotopic (exact) mass is 456 g/mol. The number of anilines is 1. The molecular formula is C26H28N6O2. The van der Waals surface area contributed by atoms with Gasteiger partial charge in [-0.1, -0.05) is 30.3 Å². The van der Waals surface area contributed by atoms with E-state index < -0.39 is 0 Å². The third-order valence-electron chi connectivity index (χ3n) is 6.11. The molecule has 0 saturated carbocycles. The molecule has 2 N–H and O–H groups in total. The van der Waals surface area contributed by atoms with Crippen LogP contribution in [0.2, 0.25) is 0 Å². The van der Waals surface area contributed by atoms with Crippen molar-refractivity contribution in [2.24, 2.45) is 0 Å². The van der Waals surface area contributed by atoms with Gasteiger partial charge in [-0.15, -0.1) is 0 Å². The number of hydrogen-bond donors (Lipinski definition) is 2. The van der Waals surface area contributed by atoms with E-state index in [9.17, 15) is 4.79 Å². The first-order valence-corrected chi connectivity index (χ1v) is 11.5. The molecule has 5 rings (SSSR count). The summed E-state index contributed by atoms with van der Waals surface area (Å²) in [6.07, 6.45) is 7.50. The number of H-pyrrole nitrogens is 1. The summed E-state index contributed by atoms with van der Waals surface area (Å²) in [6, 6.07) is 11.8. The SMILES string of the molecule is C[C@@H]1CN(c2cnc3[nH]cc(-c4cnc(C(=O)N[C@H](C)c5ccccc5)nc4)c3c2)C[C@H](C)O1. The van der Waals surface area contributed by atoms with Gasteiger partial charge in [-0.3, -0.25) is 4.79 Å². The van der Waals surface area contributed by atoms with Crippen LogP contribution in [0.25, 0.3) is 22.2 Å². The highest BCUT2D eigenvalue weighted by Crippen LogP contribution is 2.30. The molecular weight excluding hydrogens is 428 g/mol. The van der Waals surface area contributed by atoms with Crippen LogP contribution < -0.4 is 10.2 Å². The Morgan fingerprint density at radius 3 is 2.50 bits per heavy atom. The summed E-state index contributed by atoms with van der Waals surface area (Å²) in [5, 5.41) is 3.94. The smallest absolute Gasteiger partial charge is 0.289 e. The molecule has 8 nitrogen and oxygen atoms in total. The molecule has 4 aromatic rings. The van der Waals surface area contributed by atoms with E-state index in [1.165, 1.54) is 0 Å². The number of hydrogen-bond acceptors (Lipinski definition) is 6. The molecule has 1 aliphatic rings. The number of benzene rings is 1. The number of carbonyl (C=O) groups is 1. The van der Waals surface area contributed by atoms with Crippen molar-refractivity contribution >= 4 is 22.6 Å². The minimum Gasteiger partial charge on any atom is -0.372 e. The number of nitrogens with zero attached hydrogens (tertiary/aromatic N) is 4. The lowest BCUT2D eigenvalue weighted by atomic mass is 10.1. The quantitative estimate of drug-likeness (QED) is 0.469. The number of carbonyl (C=O) groups excluding carboxylic acids is 1. The molecule has 34 heavy (non-hydrogen) atoms. The minimum absolute atomic E-state index is 0.138. The number of aromatic amines is 1. The summed E-state index contributed by atoms with van der Waals surface area (Å²) in [6.45, 7) is 7.77. The minimum atomic E-state index is -0.304. The van der Waals surface area contributed by atoms with Gasteiger partial charge in [-0.05, 0) is 32.4 Å². The predicted octanol–water partition coefficient (Wildman–Crippen LogP) is 4.12. The van der Waals surface area contributed by atoms with Gasteiger partial charge in [-0.25, -0.2) is 15.0 Å². The van der Waals surface area contributed by atoms with E-state index in [2.05, 4.69) is 50.1 Å². The molecule has 3 aromatic heterocycles.